The summed E-state index contributed by atoms with van der Waals surface area (Å²) in [6, 6.07) is 9.56. The van der Waals surface area contributed by atoms with E-state index in [2.05, 4.69) is 5.32 Å². The molecule has 0 saturated heterocycles. The summed E-state index contributed by atoms with van der Waals surface area (Å²) < 4.78 is 0. The number of nitrogens with one attached hydrogen (secondary N) is 1. The van der Waals surface area contributed by atoms with Crippen LogP contribution in [0.3, 0.4) is 0 Å². The average Bonchev–Trinajstić information content (AvgIpc) is 2.60. The molecule has 7 heteroatoms. The number of carbonyl (C=O) groups excluding carboxylic acids is 2. The van der Waals surface area contributed by atoms with E-state index in [-0.39, 0.29) is 22.6 Å². The Labute approximate surface area is 155 Å². The van der Waals surface area contributed by atoms with Crippen LogP contribution >= 0.6 is 0 Å². The van der Waals surface area contributed by atoms with Gasteiger partial charge in [-0.3, -0.25) is 9.59 Å². The van der Waals surface area contributed by atoms with E-state index in [0.29, 0.717) is 5.69 Å². The molecular weight excluding hydrogens is 350 g/mol. The largest absolute Gasteiger partial charge is 0.478 e. The predicted octanol–water partition coefficient (Wildman–Crippen LogP) is 3.30. The van der Waals surface area contributed by atoms with Gasteiger partial charge in [-0.1, -0.05) is 26.8 Å². The fourth-order valence-corrected chi connectivity index (χ4v) is 2.24. The normalized spacial score (nSPS) is 10.9. The molecule has 0 spiro atoms. The van der Waals surface area contributed by atoms with Crippen LogP contribution in [0.2, 0.25) is 0 Å². The lowest BCUT2D eigenvalue weighted by molar-refractivity contribution is -0.123. The van der Waals surface area contributed by atoms with Gasteiger partial charge < -0.3 is 15.5 Å². The third-order valence-corrected chi connectivity index (χ3v) is 3.83. The number of aromatic carboxylic acids is 2. The molecule has 2 aromatic rings. The third kappa shape index (κ3) is 4.58. The fraction of sp³-hybridized carbons (Fsp3) is 0.200. The van der Waals surface area contributed by atoms with Crippen LogP contribution in [0.15, 0.2) is 42.5 Å². The highest BCUT2D eigenvalue weighted by molar-refractivity contribution is 6.11. The van der Waals surface area contributed by atoms with E-state index in [1.54, 1.807) is 32.9 Å². The van der Waals surface area contributed by atoms with Crippen molar-refractivity contribution in [3.05, 3.63) is 64.7 Å². The molecule has 0 bridgehead atoms. The second-order valence-corrected chi connectivity index (χ2v) is 6.98. The molecule has 2 aromatic carbocycles. The Morgan fingerprint density at radius 2 is 1.30 bits per heavy atom. The lowest BCUT2D eigenvalue weighted by atomic mass is 9.95. The summed E-state index contributed by atoms with van der Waals surface area (Å²) in [4.78, 5) is 46.9. The first-order chi connectivity index (χ1) is 12.5. The summed E-state index contributed by atoms with van der Waals surface area (Å²) in [5.74, 6) is -3.44. The third-order valence-electron chi connectivity index (χ3n) is 3.83. The maximum Gasteiger partial charge on any atom is 0.336 e. The first-order valence-corrected chi connectivity index (χ1v) is 8.07. The number of ketones is 1. The van der Waals surface area contributed by atoms with Crippen molar-refractivity contribution in [3.63, 3.8) is 0 Å². The van der Waals surface area contributed by atoms with Gasteiger partial charge in [0.05, 0.1) is 11.1 Å². The SMILES string of the molecule is CC(C)(C)C(=O)Nc1ccc(C(=O)c2ccc(C(=O)O)c(C(=O)O)c2)cc1. The monoisotopic (exact) mass is 369 g/mol. The number of anilines is 1. The van der Waals surface area contributed by atoms with Crippen LogP contribution < -0.4 is 5.32 Å². The molecule has 1 amide bonds. The Balaban J connectivity index is 2.28. The van der Waals surface area contributed by atoms with Gasteiger partial charge >= 0.3 is 11.9 Å². The van der Waals surface area contributed by atoms with Gasteiger partial charge in [0.2, 0.25) is 5.91 Å². The summed E-state index contributed by atoms with van der Waals surface area (Å²) in [6.07, 6.45) is 0. The Morgan fingerprint density at radius 3 is 1.78 bits per heavy atom. The van der Waals surface area contributed by atoms with Crippen LogP contribution in [-0.4, -0.2) is 33.8 Å². The van der Waals surface area contributed by atoms with Crippen LogP contribution in [0, 0.1) is 5.41 Å². The number of benzene rings is 2. The van der Waals surface area contributed by atoms with Gasteiger partial charge in [-0.05, 0) is 36.4 Å². The van der Waals surface area contributed by atoms with Crippen molar-refractivity contribution in [1.29, 1.82) is 0 Å². The number of carbonyl (C=O) groups is 4. The maximum absolute atomic E-state index is 12.6. The molecule has 7 nitrogen and oxygen atoms in total. The average molecular weight is 369 g/mol. The predicted molar refractivity (Wildman–Crippen MR) is 98.3 cm³/mol. The number of amides is 1. The first-order valence-electron chi connectivity index (χ1n) is 8.07. The Kier molecular flexibility index (Phi) is 5.44. The number of carboxylic acids is 2. The molecular formula is C20H19NO6. The standard InChI is InChI=1S/C20H19NO6/c1-20(2,3)19(27)21-13-7-4-11(5-8-13)16(22)12-6-9-14(17(23)24)15(10-12)18(25)26/h4-10H,1-3H3,(H,21,27)(H,23,24)(H,25,26). The highest BCUT2D eigenvalue weighted by Gasteiger charge is 2.22. The molecule has 0 unspecified atom stereocenters. The van der Waals surface area contributed by atoms with Gasteiger partial charge in [0.25, 0.3) is 0 Å². The number of carboxylic acid groups (broad SMARTS) is 2. The molecule has 0 atom stereocenters. The van der Waals surface area contributed by atoms with Crippen LogP contribution in [-0.2, 0) is 4.79 Å². The van der Waals surface area contributed by atoms with Crippen LogP contribution in [0.25, 0.3) is 0 Å². The smallest absolute Gasteiger partial charge is 0.336 e. The molecule has 0 aliphatic carbocycles. The van der Waals surface area contributed by atoms with Gasteiger partial charge in [-0.15, -0.1) is 0 Å². The molecule has 0 aliphatic rings. The maximum atomic E-state index is 12.6. The number of rotatable bonds is 5. The van der Waals surface area contributed by atoms with Crippen molar-refractivity contribution in [3.8, 4) is 0 Å². The summed E-state index contributed by atoms with van der Waals surface area (Å²) in [6.45, 7) is 5.34. The minimum absolute atomic E-state index is 0.0591. The minimum Gasteiger partial charge on any atom is -0.478 e. The van der Waals surface area contributed by atoms with Gasteiger partial charge in [0.1, 0.15) is 0 Å². The van der Waals surface area contributed by atoms with Crippen molar-refractivity contribution in [2.45, 2.75) is 20.8 Å². The molecule has 0 heterocycles. The van der Waals surface area contributed by atoms with E-state index in [9.17, 15) is 19.2 Å². The zero-order chi connectivity index (χ0) is 20.4. The van der Waals surface area contributed by atoms with Crippen molar-refractivity contribution >= 4 is 29.3 Å². The molecule has 3 N–H and O–H groups in total. The first kappa shape index (κ1) is 19.8. The lowest BCUT2D eigenvalue weighted by Crippen LogP contribution is -2.27. The van der Waals surface area contributed by atoms with Crippen molar-refractivity contribution in [1.82, 2.24) is 0 Å². The summed E-state index contributed by atoms with van der Waals surface area (Å²) >= 11 is 0. The zero-order valence-electron chi connectivity index (χ0n) is 15.1. The van der Waals surface area contributed by atoms with Crippen molar-refractivity contribution in [2.75, 3.05) is 5.32 Å². The second kappa shape index (κ2) is 7.41. The number of hydrogen-bond donors (Lipinski definition) is 3. The fourth-order valence-electron chi connectivity index (χ4n) is 2.24. The molecule has 0 fully saturated rings. The van der Waals surface area contributed by atoms with Crippen molar-refractivity contribution < 1.29 is 29.4 Å². The van der Waals surface area contributed by atoms with Gasteiger partial charge in [-0.25, -0.2) is 9.59 Å². The van der Waals surface area contributed by atoms with Crippen LogP contribution in [0.1, 0.15) is 57.4 Å². The van der Waals surface area contributed by atoms with Gasteiger partial charge in [-0.2, -0.15) is 0 Å². The van der Waals surface area contributed by atoms with E-state index in [1.807, 2.05) is 0 Å². The molecule has 0 aliphatic heterocycles. The van der Waals surface area contributed by atoms with Gasteiger partial charge in [0.15, 0.2) is 5.78 Å². The highest BCUT2D eigenvalue weighted by atomic mass is 16.4. The van der Waals surface area contributed by atoms with E-state index in [1.165, 1.54) is 18.2 Å². The van der Waals surface area contributed by atoms with Gasteiger partial charge in [0, 0.05) is 22.2 Å². The Bertz CT molecular complexity index is 922. The Morgan fingerprint density at radius 1 is 0.778 bits per heavy atom. The molecule has 0 radical (unpaired) electrons. The number of hydrogen-bond acceptors (Lipinski definition) is 4. The zero-order valence-corrected chi connectivity index (χ0v) is 15.1. The van der Waals surface area contributed by atoms with E-state index in [0.717, 1.165) is 12.1 Å². The van der Waals surface area contributed by atoms with Crippen LogP contribution in [0.5, 0.6) is 0 Å². The summed E-state index contributed by atoms with van der Waals surface area (Å²) in [5.41, 5.74) is -0.541. The quantitative estimate of drug-likeness (QED) is 0.696. The molecule has 27 heavy (non-hydrogen) atoms. The molecule has 2 rings (SSSR count). The van der Waals surface area contributed by atoms with E-state index in [4.69, 9.17) is 10.2 Å². The topological polar surface area (TPSA) is 121 Å². The second-order valence-electron chi connectivity index (χ2n) is 6.98. The Hall–Kier alpha value is -3.48. The van der Waals surface area contributed by atoms with Crippen molar-refractivity contribution in [2.24, 2.45) is 5.41 Å². The minimum atomic E-state index is -1.43. The summed E-state index contributed by atoms with van der Waals surface area (Å²) in [7, 11) is 0. The summed E-state index contributed by atoms with van der Waals surface area (Å²) in [5, 5.41) is 20.9. The highest BCUT2D eigenvalue weighted by Crippen LogP contribution is 2.20. The van der Waals surface area contributed by atoms with E-state index < -0.39 is 28.7 Å². The molecule has 140 valence electrons. The van der Waals surface area contributed by atoms with Crippen LogP contribution in [0.4, 0.5) is 5.69 Å². The molecule has 0 saturated carbocycles. The van der Waals surface area contributed by atoms with E-state index >= 15 is 0 Å². The lowest BCUT2D eigenvalue weighted by Gasteiger charge is -2.17. The molecule has 0 aromatic heterocycles.